The molecule has 0 N–H and O–H groups in total. The Hall–Kier alpha value is -1.62. The van der Waals surface area contributed by atoms with Gasteiger partial charge < -0.3 is 4.74 Å². The van der Waals surface area contributed by atoms with Crippen LogP contribution in [0.15, 0.2) is 24.3 Å². The minimum Gasteiger partial charge on any atom is -0.467 e. The molecule has 3 aromatic rings. The topological polar surface area (TPSA) is 39.4 Å². The van der Waals surface area contributed by atoms with E-state index < -0.39 is 0 Å². The molecule has 0 unspecified atom stereocenters. The van der Waals surface area contributed by atoms with Crippen molar-refractivity contribution in [2.45, 2.75) is 0 Å². The minimum atomic E-state index is 0.596. The first-order valence-corrected chi connectivity index (χ1v) is 4.94. The highest BCUT2D eigenvalue weighted by Crippen LogP contribution is 2.24. The van der Waals surface area contributed by atoms with Crippen LogP contribution in [0.4, 0.5) is 0 Å². The predicted octanol–water partition coefficient (Wildman–Crippen LogP) is 1.95. The Morgan fingerprint density at radius 3 is 3.07 bits per heavy atom. The Labute approximate surface area is 83.9 Å². The van der Waals surface area contributed by atoms with Gasteiger partial charge >= 0.3 is 6.01 Å². The first-order chi connectivity index (χ1) is 6.90. The smallest absolute Gasteiger partial charge is 0.314 e. The molecule has 3 rings (SSSR count). The third-order valence-corrected chi connectivity index (χ3v) is 2.79. The number of ether oxygens (including phenoxy) is 1. The van der Waals surface area contributed by atoms with Gasteiger partial charge in [0.1, 0.15) is 0 Å². The van der Waals surface area contributed by atoms with Gasteiger partial charge in [0.25, 0.3) is 0 Å². The van der Waals surface area contributed by atoms with E-state index in [1.807, 2.05) is 28.7 Å². The number of imidazole rings is 1. The molecule has 4 nitrogen and oxygen atoms in total. The number of rotatable bonds is 1. The highest BCUT2D eigenvalue weighted by molar-refractivity contribution is 7.11. The summed E-state index contributed by atoms with van der Waals surface area (Å²) >= 11 is 1.34. The molecule has 0 fully saturated rings. The molecule has 5 heteroatoms. The average molecular weight is 205 g/mol. The number of fused-ring (bicyclic) bond motifs is 3. The summed E-state index contributed by atoms with van der Waals surface area (Å²) in [5, 5.41) is 0. The Morgan fingerprint density at radius 1 is 1.36 bits per heavy atom. The summed E-state index contributed by atoms with van der Waals surface area (Å²) in [5.41, 5.74) is 2.01. The summed E-state index contributed by atoms with van der Waals surface area (Å²) in [6.45, 7) is 0. The third kappa shape index (κ3) is 0.871. The number of hydrogen-bond acceptors (Lipinski definition) is 4. The normalized spacial score (nSPS) is 11.2. The molecular weight excluding hydrogens is 198 g/mol. The van der Waals surface area contributed by atoms with Gasteiger partial charge in [-0.15, -0.1) is 4.37 Å². The lowest BCUT2D eigenvalue weighted by Crippen LogP contribution is -1.89. The fraction of sp³-hybridized carbons (Fsp3) is 0.111. The Balaban J connectivity index is 2.54. The highest BCUT2D eigenvalue weighted by Gasteiger charge is 2.11. The van der Waals surface area contributed by atoms with Crippen LogP contribution in [0.2, 0.25) is 0 Å². The van der Waals surface area contributed by atoms with E-state index in [9.17, 15) is 0 Å². The van der Waals surface area contributed by atoms with Crippen molar-refractivity contribution in [1.29, 1.82) is 0 Å². The van der Waals surface area contributed by atoms with Gasteiger partial charge in [0.05, 0.1) is 18.1 Å². The molecule has 0 spiro atoms. The van der Waals surface area contributed by atoms with Crippen LogP contribution in [-0.2, 0) is 0 Å². The van der Waals surface area contributed by atoms with Gasteiger partial charge in [-0.2, -0.15) is 0 Å². The van der Waals surface area contributed by atoms with Gasteiger partial charge in [-0.05, 0) is 12.1 Å². The summed E-state index contributed by atoms with van der Waals surface area (Å²) in [6, 6.07) is 8.53. The van der Waals surface area contributed by atoms with Crippen molar-refractivity contribution in [3.05, 3.63) is 24.3 Å². The molecule has 14 heavy (non-hydrogen) atoms. The second-order valence-corrected chi connectivity index (χ2v) is 3.62. The fourth-order valence-corrected chi connectivity index (χ4v) is 2.21. The van der Waals surface area contributed by atoms with Gasteiger partial charge in [-0.25, -0.2) is 9.38 Å². The molecule has 0 saturated heterocycles. The van der Waals surface area contributed by atoms with Gasteiger partial charge in [-0.1, -0.05) is 12.1 Å². The maximum atomic E-state index is 5.16. The van der Waals surface area contributed by atoms with Crippen molar-refractivity contribution < 1.29 is 4.74 Å². The van der Waals surface area contributed by atoms with Crippen molar-refractivity contribution in [2.24, 2.45) is 0 Å². The highest BCUT2D eigenvalue weighted by atomic mass is 32.1. The van der Waals surface area contributed by atoms with Gasteiger partial charge in [0.15, 0.2) is 0 Å². The maximum Gasteiger partial charge on any atom is 0.314 e. The standard InChI is InChI=1S/C9H7N3OS/c1-13-8-11-14-9-10-6-4-2-3-5-7(6)12(8)9/h2-5H,1H3. The summed E-state index contributed by atoms with van der Waals surface area (Å²) in [7, 11) is 1.61. The summed E-state index contributed by atoms with van der Waals surface area (Å²) < 4.78 is 11.2. The number of benzene rings is 1. The molecule has 0 aliphatic rings. The zero-order valence-corrected chi connectivity index (χ0v) is 8.28. The van der Waals surface area contributed by atoms with Crippen molar-refractivity contribution in [3.63, 3.8) is 0 Å². The third-order valence-electron chi connectivity index (χ3n) is 2.11. The Kier molecular flexibility index (Phi) is 1.49. The number of methoxy groups -OCH3 is 1. The molecule has 0 aliphatic carbocycles. The molecule has 0 bridgehead atoms. The average Bonchev–Trinajstić information content (AvgIpc) is 2.75. The van der Waals surface area contributed by atoms with Crippen molar-refractivity contribution >= 4 is 27.5 Å². The van der Waals surface area contributed by atoms with Crippen LogP contribution >= 0.6 is 11.5 Å². The van der Waals surface area contributed by atoms with Crippen LogP contribution in [-0.4, -0.2) is 20.9 Å². The lowest BCUT2D eigenvalue weighted by molar-refractivity contribution is 0.382. The van der Waals surface area contributed by atoms with E-state index in [0.717, 1.165) is 16.0 Å². The zero-order valence-electron chi connectivity index (χ0n) is 7.47. The van der Waals surface area contributed by atoms with E-state index in [4.69, 9.17) is 4.74 Å². The quantitative estimate of drug-likeness (QED) is 0.609. The molecule has 2 heterocycles. The second-order valence-electron chi connectivity index (χ2n) is 2.89. The molecule has 0 amide bonds. The first-order valence-electron chi connectivity index (χ1n) is 4.17. The monoisotopic (exact) mass is 205 g/mol. The van der Waals surface area contributed by atoms with Crippen LogP contribution in [0.3, 0.4) is 0 Å². The Bertz CT molecular complexity index is 598. The van der Waals surface area contributed by atoms with Crippen LogP contribution in [0.25, 0.3) is 16.0 Å². The summed E-state index contributed by atoms with van der Waals surface area (Å²) in [5.74, 6) is 0. The fourth-order valence-electron chi connectivity index (χ4n) is 1.50. The van der Waals surface area contributed by atoms with Crippen LogP contribution in [0.1, 0.15) is 0 Å². The van der Waals surface area contributed by atoms with Gasteiger partial charge in [0.2, 0.25) is 4.96 Å². The van der Waals surface area contributed by atoms with E-state index >= 15 is 0 Å². The van der Waals surface area contributed by atoms with E-state index in [1.54, 1.807) is 7.11 Å². The zero-order chi connectivity index (χ0) is 9.54. The molecular formula is C9H7N3OS. The Morgan fingerprint density at radius 2 is 2.21 bits per heavy atom. The maximum absolute atomic E-state index is 5.16. The lowest BCUT2D eigenvalue weighted by atomic mass is 10.3. The molecule has 70 valence electrons. The van der Waals surface area contributed by atoms with Crippen molar-refractivity contribution in [1.82, 2.24) is 13.8 Å². The lowest BCUT2D eigenvalue weighted by Gasteiger charge is -1.94. The number of para-hydroxylation sites is 2. The van der Waals surface area contributed by atoms with Crippen molar-refractivity contribution in [2.75, 3.05) is 7.11 Å². The summed E-state index contributed by atoms with van der Waals surface area (Å²) in [4.78, 5) is 5.29. The number of aromatic nitrogens is 3. The van der Waals surface area contributed by atoms with Crippen LogP contribution < -0.4 is 4.74 Å². The van der Waals surface area contributed by atoms with E-state index in [-0.39, 0.29) is 0 Å². The number of nitrogens with zero attached hydrogens (tertiary/aromatic N) is 3. The first kappa shape index (κ1) is 7.75. The molecule has 0 atom stereocenters. The summed E-state index contributed by atoms with van der Waals surface area (Å²) in [6.07, 6.45) is 0. The number of hydrogen-bond donors (Lipinski definition) is 0. The van der Waals surface area contributed by atoms with E-state index in [2.05, 4.69) is 9.36 Å². The molecule has 0 aliphatic heterocycles. The van der Waals surface area contributed by atoms with E-state index in [0.29, 0.717) is 6.01 Å². The van der Waals surface area contributed by atoms with E-state index in [1.165, 1.54) is 11.5 Å². The minimum absolute atomic E-state index is 0.596. The molecule has 1 aromatic carbocycles. The predicted molar refractivity (Wildman–Crippen MR) is 54.9 cm³/mol. The molecule has 0 radical (unpaired) electrons. The van der Waals surface area contributed by atoms with Crippen LogP contribution in [0, 0.1) is 0 Å². The van der Waals surface area contributed by atoms with Crippen LogP contribution in [0.5, 0.6) is 6.01 Å². The van der Waals surface area contributed by atoms with Gasteiger partial charge in [-0.3, -0.25) is 0 Å². The molecule has 0 saturated carbocycles. The SMILES string of the molecule is COc1nsc2nc3ccccc3n12. The second kappa shape index (κ2) is 2.68. The van der Waals surface area contributed by atoms with Gasteiger partial charge in [0, 0.05) is 11.5 Å². The van der Waals surface area contributed by atoms with Crippen molar-refractivity contribution in [3.8, 4) is 6.01 Å². The largest absolute Gasteiger partial charge is 0.467 e. The molecule has 2 aromatic heterocycles.